The Morgan fingerprint density at radius 1 is 0.971 bits per heavy atom. The summed E-state index contributed by atoms with van der Waals surface area (Å²) in [6, 6.07) is 5.71. The quantitative estimate of drug-likeness (QED) is 0.485. The minimum Gasteiger partial charge on any atom is -0.495 e. The zero-order chi connectivity index (χ0) is 25.0. The van der Waals surface area contributed by atoms with E-state index in [0.717, 1.165) is 55.3 Å². The van der Waals surface area contributed by atoms with Gasteiger partial charge in [0.15, 0.2) is 0 Å². The minimum absolute atomic E-state index is 0.117. The number of methoxy groups -OCH3 is 3. The zero-order valence-electron chi connectivity index (χ0n) is 20.4. The maximum atomic E-state index is 7.00. The molecule has 1 N–H and O–H groups in total. The summed E-state index contributed by atoms with van der Waals surface area (Å²) < 4.78 is 16.6. The maximum Gasteiger partial charge on any atom is 0.141 e. The molecule has 1 aliphatic heterocycles. The van der Waals surface area contributed by atoms with E-state index in [1.54, 1.807) is 27.4 Å². The highest BCUT2D eigenvalue weighted by Gasteiger charge is 2.31. The number of benzene rings is 1. The van der Waals surface area contributed by atoms with Gasteiger partial charge in [-0.05, 0) is 38.8 Å². The highest BCUT2D eigenvalue weighted by molar-refractivity contribution is 6.41. The van der Waals surface area contributed by atoms with Crippen molar-refractivity contribution in [1.82, 2.24) is 9.97 Å². The van der Waals surface area contributed by atoms with Crippen LogP contribution in [-0.2, 0) is 4.74 Å². The summed E-state index contributed by atoms with van der Waals surface area (Å²) in [5, 5.41) is 9.79. The standard InChI is InChI=1S/C24H27Cl2N3O3.CH4O/c1-14-10-16-15(13-27-14)11-17(20-21(25)18(30-3)12-19(31-4)22(20)26)28-23(16)29-8-6-24(2,32-5)7-9-29;1-2/h10-13H,6-9H2,1-5H3;2H,1H3. The second kappa shape index (κ2) is 11.0. The van der Waals surface area contributed by atoms with Gasteiger partial charge in [0, 0.05) is 61.6 Å². The fraction of sp³-hybridized carbons (Fsp3) is 0.440. The maximum absolute atomic E-state index is 7.00. The van der Waals surface area contributed by atoms with Gasteiger partial charge in [-0.15, -0.1) is 0 Å². The second-order valence-corrected chi connectivity index (χ2v) is 9.06. The number of fused-ring (bicyclic) bond motifs is 1. The van der Waals surface area contributed by atoms with E-state index in [1.807, 2.05) is 19.2 Å². The van der Waals surface area contributed by atoms with Crippen molar-refractivity contribution in [2.75, 3.05) is 46.4 Å². The number of aliphatic hydroxyl groups excluding tert-OH is 1. The first-order chi connectivity index (χ1) is 16.3. The van der Waals surface area contributed by atoms with Crippen LogP contribution in [0.5, 0.6) is 11.5 Å². The summed E-state index contributed by atoms with van der Waals surface area (Å²) in [5.41, 5.74) is 2.04. The number of anilines is 1. The van der Waals surface area contributed by atoms with E-state index in [-0.39, 0.29) is 5.60 Å². The van der Waals surface area contributed by atoms with Crippen LogP contribution >= 0.6 is 23.2 Å². The molecule has 3 heterocycles. The van der Waals surface area contributed by atoms with Crippen LogP contribution in [0.3, 0.4) is 0 Å². The monoisotopic (exact) mass is 507 g/mol. The minimum atomic E-state index is -0.117. The Balaban J connectivity index is 0.00000158. The van der Waals surface area contributed by atoms with Crippen molar-refractivity contribution < 1.29 is 19.3 Å². The molecule has 0 atom stereocenters. The molecule has 9 heteroatoms. The highest BCUT2D eigenvalue weighted by atomic mass is 35.5. The van der Waals surface area contributed by atoms with Gasteiger partial charge in [0.1, 0.15) is 17.3 Å². The second-order valence-electron chi connectivity index (χ2n) is 8.30. The van der Waals surface area contributed by atoms with Crippen molar-refractivity contribution in [3.8, 4) is 22.8 Å². The van der Waals surface area contributed by atoms with Gasteiger partial charge in [-0.25, -0.2) is 4.98 Å². The van der Waals surface area contributed by atoms with E-state index < -0.39 is 0 Å². The largest absolute Gasteiger partial charge is 0.495 e. The molecule has 1 saturated heterocycles. The van der Waals surface area contributed by atoms with Crippen molar-refractivity contribution >= 4 is 39.8 Å². The molecule has 2 aromatic heterocycles. The van der Waals surface area contributed by atoms with Crippen LogP contribution in [0.15, 0.2) is 24.4 Å². The van der Waals surface area contributed by atoms with Crippen molar-refractivity contribution in [3.05, 3.63) is 40.1 Å². The van der Waals surface area contributed by atoms with E-state index in [4.69, 9.17) is 47.5 Å². The van der Waals surface area contributed by atoms with E-state index in [0.29, 0.717) is 32.8 Å². The Morgan fingerprint density at radius 3 is 2.09 bits per heavy atom. The van der Waals surface area contributed by atoms with Gasteiger partial charge < -0.3 is 24.2 Å². The summed E-state index contributed by atoms with van der Waals surface area (Å²) >= 11 is 13.4. The molecule has 0 unspecified atom stereocenters. The lowest BCUT2D eigenvalue weighted by molar-refractivity contribution is -0.0133. The molecule has 1 fully saturated rings. The number of pyridine rings is 2. The average molecular weight is 508 g/mol. The third-order valence-electron chi connectivity index (χ3n) is 6.27. The topological polar surface area (TPSA) is 76.9 Å². The van der Waals surface area contributed by atoms with E-state index in [9.17, 15) is 0 Å². The molecule has 4 rings (SSSR count). The lowest BCUT2D eigenvalue weighted by Gasteiger charge is -2.39. The zero-order valence-corrected chi connectivity index (χ0v) is 21.9. The number of nitrogens with zero attached hydrogens (tertiary/aromatic N) is 3. The molecule has 184 valence electrons. The van der Waals surface area contributed by atoms with Gasteiger partial charge in [-0.2, -0.15) is 0 Å². The molecule has 0 saturated carbocycles. The molecular formula is C25H31Cl2N3O4. The number of hydrogen-bond donors (Lipinski definition) is 1. The molecule has 0 aliphatic carbocycles. The number of ether oxygens (including phenoxy) is 3. The number of aryl methyl sites for hydroxylation is 1. The Hall–Kier alpha value is -2.32. The van der Waals surface area contributed by atoms with Crippen molar-refractivity contribution in [1.29, 1.82) is 0 Å². The van der Waals surface area contributed by atoms with E-state index >= 15 is 0 Å². The van der Waals surface area contributed by atoms with Gasteiger partial charge in [0.2, 0.25) is 0 Å². The molecule has 1 aromatic carbocycles. The lowest BCUT2D eigenvalue weighted by Crippen LogP contribution is -2.44. The summed E-state index contributed by atoms with van der Waals surface area (Å²) in [6.07, 6.45) is 3.69. The molecule has 0 spiro atoms. The van der Waals surface area contributed by atoms with Gasteiger partial charge >= 0.3 is 0 Å². The predicted octanol–water partition coefficient (Wildman–Crippen LogP) is 5.54. The Morgan fingerprint density at radius 2 is 1.56 bits per heavy atom. The van der Waals surface area contributed by atoms with Crippen LogP contribution in [0.25, 0.3) is 22.0 Å². The molecule has 1 aliphatic rings. The van der Waals surface area contributed by atoms with Crippen LogP contribution in [0.1, 0.15) is 25.5 Å². The summed E-state index contributed by atoms with van der Waals surface area (Å²) in [5.74, 6) is 1.83. The van der Waals surface area contributed by atoms with Crippen LogP contribution in [0.4, 0.5) is 5.82 Å². The summed E-state index contributed by atoms with van der Waals surface area (Å²) in [4.78, 5) is 11.9. The molecule has 34 heavy (non-hydrogen) atoms. The molecule has 3 aromatic rings. The SMILES string of the molecule is CO.COc1cc(OC)c(Cl)c(-c2cc3cnc(C)cc3c(N3CCC(C)(OC)CC3)n2)c1Cl. The number of hydrogen-bond acceptors (Lipinski definition) is 7. The average Bonchev–Trinajstić information content (AvgIpc) is 2.86. The Labute approximate surface area is 210 Å². The Kier molecular flexibility index (Phi) is 8.47. The summed E-state index contributed by atoms with van der Waals surface area (Å²) in [6.45, 7) is 5.80. The van der Waals surface area contributed by atoms with Gasteiger partial charge in [0.05, 0.1) is 35.6 Å². The van der Waals surface area contributed by atoms with Crippen molar-refractivity contribution in [2.45, 2.75) is 32.3 Å². The fourth-order valence-corrected chi connectivity index (χ4v) is 4.80. The van der Waals surface area contributed by atoms with E-state index in [2.05, 4.69) is 22.9 Å². The fourth-order valence-electron chi connectivity index (χ4n) is 4.11. The van der Waals surface area contributed by atoms with Crippen LogP contribution < -0.4 is 14.4 Å². The van der Waals surface area contributed by atoms with Crippen molar-refractivity contribution in [2.24, 2.45) is 0 Å². The first-order valence-electron chi connectivity index (χ1n) is 10.9. The van der Waals surface area contributed by atoms with Crippen LogP contribution in [-0.4, -0.2) is 62.2 Å². The number of rotatable bonds is 5. The molecule has 0 radical (unpaired) electrons. The lowest BCUT2D eigenvalue weighted by atomic mass is 9.93. The molecule has 0 amide bonds. The normalized spacial score (nSPS) is 15.0. The number of piperidine rings is 1. The van der Waals surface area contributed by atoms with E-state index in [1.165, 1.54) is 0 Å². The van der Waals surface area contributed by atoms with Gasteiger partial charge in [0.25, 0.3) is 0 Å². The van der Waals surface area contributed by atoms with Crippen molar-refractivity contribution in [3.63, 3.8) is 0 Å². The predicted molar refractivity (Wildman–Crippen MR) is 138 cm³/mol. The van der Waals surface area contributed by atoms with Crippen LogP contribution in [0.2, 0.25) is 10.0 Å². The third kappa shape index (κ3) is 5.03. The smallest absolute Gasteiger partial charge is 0.141 e. The first kappa shape index (κ1) is 26.3. The molecular weight excluding hydrogens is 477 g/mol. The number of aromatic nitrogens is 2. The van der Waals surface area contributed by atoms with Gasteiger partial charge in [-0.1, -0.05) is 23.2 Å². The first-order valence-corrected chi connectivity index (χ1v) is 11.7. The molecule has 7 nitrogen and oxygen atoms in total. The third-order valence-corrected chi connectivity index (χ3v) is 7.02. The van der Waals surface area contributed by atoms with Gasteiger partial charge in [-0.3, -0.25) is 4.98 Å². The highest BCUT2D eigenvalue weighted by Crippen LogP contribution is 2.46. The number of halogens is 2. The van der Waals surface area contributed by atoms with Crippen LogP contribution in [0, 0.1) is 6.92 Å². The Bertz CT molecular complexity index is 1140. The summed E-state index contributed by atoms with van der Waals surface area (Å²) in [7, 11) is 5.90. The number of aliphatic hydroxyl groups is 1. The molecule has 0 bridgehead atoms.